The molecule has 0 spiro atoms. The van der Waals surface area contributed by atoms with Gasteiger partial charge in [0.1, 0.15) is 5.25 Å². The molecular weight excluding hydrogens is 536 g/mol. The number of thioether (sulfide) groups is 1. The van der Waals surface area contributed by atoms with Crippen molar-refractivity contribution >= 4 is 63.3 Å². The van der Waals surface area contributed by atoms with Gasteiger partial charge in [-0.25, -0.2) is 4.99 Å². The molecule has 12 heteroatoms. The fourth-order valence-electron chi connectivity index (χ4n) is 3.35. The second kappa shape index (κ2) is 10.9. The average molecular weight is 553 g/mol. The third kappa shape index (κ3) is 6.37. The Bertz CT molecular complexity index is 1320. The van der Waals surface area contributed by atoms with E-state index in [1.807, 2.05) is 0 Å². The number of carbonyl (C=O) groups excluding carboxylic acids is 2. The van der Waals surface area contributed by atoms with E-state index in [1.54, 1.807) is 48.7 Å². The first kappa shape index (κ1) is 26.0. The molecule has 36 heavy (non-hydrogen) atoms. The topological polar surface area (TPSA) is 74.7 Å². The molecule has 0 bridgehead atoms. The first-order chi connectivity index (χ1) is 17.1. The smallest absolute Gasteiger partial charge is 0.325 e. The molecule has 0 aliphatic carbocycles. The molecular formula is C24H17Cl2F3N4O2S. The lowest BCUT2D eigenvalue weighted by molar-refractivity contribution is -0.137. The summed E-state index contributed by atoms with van der Waals surface area (Å²) < 4.78 is 39.1. The molecule has 0 radical (unpaired) electrons. The second-order valence-corrected chi connectivity index (χ2v) is 9.68. The number of pyridine rings is 1. The van der Waals surface area contributed by atoms with Crippen LogP contribution in [0.4, 0.5) is 24.5 Å². The van der Waals surface area contributed by atoms with Crippen LogP contribution < -0.4 is 5.32 Å². The number of aromatic nitrogens is 1. The Hall–Kier alpha value is -3.08. The number of amidine groups is 1. The van der Waals surface area contributed by atoms with Crippen LogP contribution >= 0.6 is 35.0 Å². The van der Waals surface area contributed by atoms with Crippen LogP contribution in [0, 0.1) is 0 Å². The maximum absolute atomic E-state index is 13.2. The Morgan fingerprint density at radius 1 is 1.11 bits per heavy atom. The van der Waals surface area contributed by atoms with Crippen LogP contribution in [0.15, 0.2) is 71.9 Å². The Balaban J connectivity index is 1.55. The molecule has 1 aromatic heterocycles. The number of anilines is 1. The van der Waals surface area contributed by atoms with Gasteiger partial charge in [-0.15, -0.1) is 0 Å². The first-order valence-electron chi connectivity index (χ1n) is 10.5. The standard InChI is InChI=1S/C24H17Cl2F3N4O2S/c25-15-4-3-6-16(11-15)31-23-33(13-17-5-1-2-9-30-17)22(35)20(36-23)12-21(34)32-19-10-14(24(27,28)29)7-8-18(19)26/h1-11,20H,12-13H2,(H,32,34)/t20-/m0/s1. The number of amides is 2. The fourth-order valence-corrected chi connectivity index (χ4v) is 4.85. The van der Waals surface area contributed by atoms with Gasteiger partial charge in [-0.05, 0) is 48.5 Å². The van der Waals surface area contributed by atoms with Crippen molar-refractivity contribution in [3.63, 3.8) is 0 Å². The van der Waals surface area contributed by atoms with E-state index in [0.29, 0.717) is 21.6 Å². The molecule has 4 rings (SSSR count). The van der Waals surface area contributed by atoms with Crippen molar-refractivity contribution < 1.29 is 22.8 Å². The predicted molar refractivity (Wildman–Crippen MR) is 134 cm³/mol. The van der Waals surface area contributed by atoms with E-state index in [0.717, 1.165) is 30.0 Å². The molecule has 2 amide bonds. The van der Waals surface area contributed by atoms with Crippen LogP contribution in [0.3, 0.4) is 0 Å². The summed E-state index contributed by atoms with van der Waals surface area (Å²) in [6.45, 7) is 0.129. The molecule has 1 aliphatic rings. The molecule has 1 saturated heterocycles. The number of alkyl halides is 3. The van der Waals surface area contributed by atoms with E-state index in [-0.39, 0.29) is 29.6 Å². The van der Waals surface area contributed by atoms with Crippen LogP contribution in [0.5, 0.6) is 0 Å². The van der Waals surface area contributed by atoms with Gasteiger partial charge in [0.25, 0.3) is 0 Å². The van der Waals surface area contributed by atoms with Crippen molar-refractivity contribution in [1.82, 2.24) is 9.88 Å². The summed E-state index contributed by atoms with van der Waals surface area (Å²) in [4.78, 5) is 36.1. The number of nitrogens with one attached hydrogen (secondary N) is 1. The summed E-state index contributed by atoms with van der Waals surface area (Å²) in [5.74, 6) is -1.04. The van der Waals surface area contributed by atoms with Crippen LogP contribution in [0.2, 0.25) is 10.0 Å². The Morgan fingerprint density at radius 2 is 1.92 bits per heavy atom. The number of nitrogens with zero attached hydrogens (tertiary/aromatic N) is 3. The summed E-state index contributed by atoms with van der Waals surface area (Å²) in [5.41, 5.74) is -0.00754. The summed E-state index contributed by atoms with van der Waals surface area (Å²) in [5, 5.41) is 2.30. The lowest BCUT2D eigenvalue weighted by Crippen LogP contribution is -2.33. The maximum atomic E-state index is 13.2. The number of aliphatic imine (C=N–C) groups is 1. The number of hydrogen-bond donors (Lipinski definition) is 1. The molecule has 2 aromatic carbocycles. The SMILES string of the molecule is O=C(C[C@@H]1SC(=Nc2cccc(Cl)c2)N(Cc2ccccn2)C1=O)Nc1cc(C(F)(F)F)ccc1Cl. The molecule has 1 N–H and O–H groups in total. The lowest BCUT2D eigenvalue weighted by Gasteiger charge is -2.16. The van der Waals surface area contributed by atoms with Crippen molar-refractivity contribution in [3.05, 3.63) is 88.2 Å². The molecule has 2 heterocycles. The third-order valence-electron chi connectivity index (χ3n) is 5.04. The molecule has 186 valence electrons. The summed E-state index contributed by atoms with van der Waals surface area (Å²) in [7, 11) is 0. The Labute approximate surface area is 218 Å². The van der Waals surface area contributed by atoms with Crippen molar-refractivity contribution in [3.8, 4) is 0 Å². The summed E-state index contributed by atoms with van der Waals surface area (Å²) in [6.07, 6.45) is -3.30. The van der Waals surface area contributed by atoms with Gasteiger partial charge in [-0.1, -0.05) is 47.1 Å². The first-order valence-corrected chi connectivity index (χ1v) is 12.1. The molecule has 0 unspecified atom stereocenters. The van der Waals surface area contributed by atoms with Gasteiger partial charge in [-0.2, -0.15) is 13.2 Å². The molecule has 1 atom stereocenters. The molecule has 0 saturated carbocycles. The maximum Gasteiger partial charge on any atom is 0.416 e. The Morgan fingerprint density at radius 3 is 2.61 bits per heavy atom. The van der Waals surface area contributed by atoms with E-state index in [2.05, 4.69) is 15.3 Å². The van der Waals surface area contributed by atoms with Crippen molar-refractivity contribution in [2.75, 3.05) is 5.32 Å². The Kier molecular flexibility index (Phi) is 7.87. The highest BCUT2D eigenvalue weighted by atomic mass is 35.5. The molecule has 1 fully saturated rings. The largest absolute Gasteiger partial charge is 0.416 e. The van der Waals surface area contributed by atoms with E-state index < -0.39 is 22.9 Å². The minimum atomic E-state index is -4.60. The fraction of sp³-hybridized carbons (Fsp3) is 0.167. The van der Waals surface area contributed by atoms with Crippen molar-refractivity contribution in [1.29, 1.82) is 0 Å². The third-order valence-corrected chi connectivity index (χ3v) is 6.78. The van der Waals surface area contributed by atoms with Crippen molar-refractivity contribution in [2.45, 2.75) is 24.4 Å². The van der Waals surface area contributed by atoms with Crippen LogP contribution in [-0.4, -0.2) is 32.1 Å². The predicted octanol–water partition coefficient (Wildman–Crippen LogP) is 6.57. The van der Waals surface area contributed by atoms with Gasteiger partial charge >= 0.3 is 6.18 Å². The van der Waals surface area contributed by atoms with Crippen LogP contribution in [0.25, 0.3) is 0 Å². The zero-order chi connectivity index (χ0) is 25.9. The van der Waals surface area contributed by atoms with Gasteiger partial charge in [0.15, 0.2) is 5.17 Å². The highest BCUT2D eigenvalue weighted by Gasteiger charge is 2.39. The molecule has 6 nitrogen and oxygen atoms in total. The van der Waals surface area contributed by atoms with E-state index in [4.69, 9.17) is 23.2 Å². The lowest BCUT2D eigenvalue weighted by atomic mass is 10.2. The van der Waals surface area contributed by atoms with E-state index in [1.165, 1.54) is 4.90 Å². The summed E-state index contributed by atoms with van der Waals surface area (Å²) >= 11 is 13.1. The number of halogens is 5. The zero-order valence-corrected chi connectivity index (χ0v) is 20.6. The second-order valence-electron chi connectivity index (χ2n) is 7.67. The number of benzene rings is 2. The number of carbonyl (C=O) groups is 2. The monoisotopic (exact) mass is 552 g/mol. The average Bonchev–Trinajstić information content (AvgIpc) is 3.09. The number of hydrogen-bond acceptors (Lipinski definition) is 5. The highest BCUT2D eigenvalue weighted by molar-refractivity contribution is 8.15. The molecule has 3 aromatic rings. The van der Waals surface area contributed by atoms with Gasteiger partial charge in [0.2, 0.25) is 11.8 Å². The van der Waals surface area contributed by atoms with E-state index >= 15 is 0 Å². The van der Waals surface area contributed by atoms with Crippen LogP contribution in [0.1, 0.15) is 17.7 Å². The van der Waals surface area contributed by atoms with Gasteiger partial charge in [-0.3, -0.25) is 19.5 Å². The van der Waals surface area contributed by atoms with Gasteiger partial charge in [0.05, 0.1) is 34.2 Å². The van der Waals surface area contributed by atoms with Crippen LogP contribution in [-0.2, 0) is 22.3 Å². The molecule has 1 aliphatic heterocycles. The van der Waals surface area contributed by atoms with Crippen molar-refractivity contribution in [2.24, 2.45) is 4.99 Å². The normalized spacial score (nSPS) is 17.0. The highest BCUT2D eigenvalue weighted by Crippen LogP contribution is 2.36. The minimum Gasteiger partial charge on any atom is -0.325 e. The quantitative estimate of drug-likeness (QED) is 0.375. The number of rotatable bonds is 6. The van der Waals surface area contributed by atoms with Gasteiger partial charge in [0, 0.05) is 17.6 Å². The zero-order valence-electron chi connectivity index (χ0n) is 18.3. The summed E-state index contributed by atoms with van der Waals surface area (Å²) in [6, 6.07) is 14.7. The van der Waals surface area contributed by atoms with Gasteiger partial charge < -0.3 is 5.32 Å². The van der Waals surface area contributed by atoms with E-state index in [9.17, 15) is 22.8 Å². The minimum absolute atomic E-state index is 0.0539.